The number of allylic oxidation sites excluding steroid dienone is 5. The Morgan fingerprint density at radius 3 is 1.12 bits per heavy atom. The van der Waals surface area contributed by atoms with Gasteiger partial charge in [-0.2, -0.15) is 0 Å². The molecule has 0 aliphatic carbocycles. The lowest BCUT2D eigenvalue weighted by atomic mass is 9.96. The third-order valence-corrected chi connectivity index (χ3v) is 18.4. The molecular weight excluding hydrogens is 1170 g/mol. The van der Waals surface area contributed by atoms with Crippen molar-refractivity contribution in [1.82, 2.24) is 5.32 Å². The highest BCUT2D eigenvalue weighted by molar-refractivity contribution is 5.76. The van der Waals surface area contributed by atoms with Gasteiger partial charge in [-0.15, -0.1) is 0 Å². The molecule has 3 aliphatic rings. The first-order valence-electron chi connectivity index (χ1n) is 36.7. The summed E-state index contributed by atoms with van der Waals surface area (Å²) >= 11 is 0. The molecule has 0 radical (unpaired) electrons. The Labute approximate surface area is 549 Å². The van der Waals surface area contributed by atoms with Crippen LogP contribution >= 0.6 is 0 Å². The Morgan fingerprint density at radius 2 is 0.725 bits per heavy atom. The fourth-order valence-corrected chi connectivity index (χ4v) is 12.5. The highest BCUT2D eigenvalue weighted by Crippen LogP contribution is 2.33. The lowest BCUT2D eigenvalue weighted by Gasteiger charge is -2.48. The molecule has 0 aromatic rings. The van der Waals surface area contributed by atoms with Gasteiger partial charge in [0.15, 0.2) is 18.9 Å². The molecule has 3 aliphatic heterocycles. The number of ether oxygens (including phenoxy) is 6. The number of rotatable bonds is 57. The second-order valence-electron chi connectivity index (χ2n) is 26.4. The van der Waals surface area contributed by atoms with Crippen molar-refractivity contribution < 1.29 is 89.4 Å². The Hall–Kier alpha value is -1.99. The molecule has 12 N–H and O–H groups in total. The summed E-state index contributed by atoms with van der Waals surface area (Å²) in [7, 11) is 0. The van der Waals surface area contributed by atoms with Crippen molar-refractivity contribution in [3.05, 3.63) is 36.5 Å². The quantitative estimate of drug-likeness (QED) is 0.0199. The van der Waals surface area contributed by atoms with Gasteiger partial charge in [0, 0.05) is 6.42 Å². The zero-order valence-corrected chi connectivity index (χ0v) is 56.6. The van der Waals surface area contributed by atoms with E-state index in [-0.39, 0.29) is 18.9 Å². The normalized spacial score (nSPS) is 28.0. The maximum absolute atomic E-state index is 13.4. The highest BCUT2D eigenvalue weighted by atomic mass is 16.8. The standard InChI is InChI=1S/C72H133NO18/c1-3-5-7-9-11-13-15-17-19-21-23-24-25-26-27-28-29-30-32-34-36-38-40-42-44-46-48-50-60(78)73-55(56(77)49-47-45-43-41-39-37-35-33-31-22-20-18-16-14-12-10-8-6-4-2)54-86-70-66(84)63(81)68(58(52-75)88-70)91-72-67(85)64(82)69(59(53-76)89-72)90-71-65(83)62(80)61(79)57(51-74)87-71/h15,17,21,23,47,49,55-59,61-72,74-77,79-85H,3-14,16,18-20,22,24-46,48,50-54H2,1-2H3,(H,73,78)/b17-15-,23-21-,49-47+. The number of amides is 1. The summed E-state index contributed by atoms with van der Waals surface area (Å²) < 4.78 is 34.4. The van der Waals surface area contributed by atoms with E-state index in [1.54, 1.807) is 6.08 Å². The molecule has 3 rings (SSSR count). The third-order valence-electron chi connectivity index (χ3n) is 18.4. The number of hydrogen-bond donors (Lipinski definition) is 12. The first-order chi connectivity index (χ1) is 44.3. The molecule has 3 fully saturated rings. The number of nitrogens with one attached hydrogen (secondary N) is 1. The van der Waals surface area contributed by atoms with Gasteiger partial charge in [0.25, 0.3) is 0 Å². The van der Waals surface area contributed by atoms with Crippen molar-refractivity contribution in [2.75, 3.05) is 26.4 Å². The molecule has 0 bridgehead atoms. The van der Waals surface area contributed by atoms with Crippen LogP contribution in [0.5, 0.6) is 0 Å². The predicted molar refractivity (Wildman–Crippen MR) is 356 cm³/mol. The maximum atomic E-state index is 13.4. The van der Waals surface area contributed by atoms with Crippen LogP contribution in [0.3, 0.4) is 0 Å². The zero-order valence-electron chi connectivity index (χ0n) is 56.6. The van der Waals surface area contributed by atoms with Gasteiger partial charge in [-0.1, -0.05) is 262 Å². The van der Waals surface area contributed by atoms with Gasteiger partial charge in [0.1, 0.15) is 73.2 Å². The molecule has 17 atom stereocenters. The van der Waals surface area contributed by atoms with E-state index in [9.17, 15) is 61.0 Å². The van der Waals surface area contributed by atoms with Gasteiger partial charge < -0.3 is 89.9 Å². The fourth-order valence-electron chi connectivity index (χ4n) is 12.5. The van der Waals surface area contributed by atoms with Crippen LogP contribution in [0.1, 0.15) is 284 Å². The Morgan fingerprint density at radius 1 is 0.396 bits per heavy atom. The van der Waals surface area contributed by atoms with E-state index in [4.69, 9.17) is 28.4 Å². The van der Waals surface area contributed by atoms with Gasteiger partial charge in [0.05, 0.1) is 38.6 Å². The van der Waals surface area contributed by atoms with Gasteiger partial charge >= 0.3 is 0 Å². The van der Waals surface area contributed by atoms with Crippen LogP contribution in [0.25, 0.3) is 0 Å². The number of carbonyl (C=O) groups is 1. The molecule has 1 amide bonds. The third kappa shape index (κ3) is 35.7. The van der Waals surface area contributed by atoms with Gasteiger partial charge in [-0.3, -0.25) is 4.79 Å². The van der Waals surface area contributed by atoms with Crippen molar-refractivity contribution in [1.29, 1.82) is 0 Å². The van der Waals surface area contributed by atoms with E-state index < -0.39 is 124 Å². The largest absolute Gasteiger partial charge is 0.394 e. The van der Waals surface area contributed by atoms with E-state index in [2.05, 4.69) is 43.5 Å². The molecule has 534 valence electrons. The Balaban J connectivity index is 1.41. The predicted octanol–water partition coefficient (Wildman–Crippen LogP) is 10.4. The highest BCUT2D eigenvalue weighted by Gasteiger charge is 2.53. The van der Waals surface area contributed by atoms with Crippen LogP contribution in [0.15, 0.2) is 36.5 Å². The average Bonchev–Trinajstić information content (AvgIpc) is 0.885. The van der Waals surface area contributed by atoms with Crippen LogP contribution in [0, 0.1) is 0 Å². The number of unbranched alkanes of at least 4 members (excludes halogenated alkanes) is 37. The Bertz CT molecular complexity index is 1790. The summed E-state index contributed by atoms with van der Waals surface area (Å²) in [6.07, 6.45) is 36.9. The average molecular weight is 1300 g/mol. The van der Waals surface area contributed by atoms with E-state index in [0.717, 1.165) is 51.4 Å². The molecule has 3 heterocycles. The lowest BCUT2D eigenvalue weighted by Crippen LogP contribution is -2.66. The van der Waals surface area contributed by atoms with Crippen molar-refractivity contribution >= 4 is 5.91 Å². The zero-order chi connectivity index (χ0) is 66.1. The van der Waals surface area contributed by atoms with Crippen molar-refractivity contribution in [2.24, 2.45) is 0 Å². The molecule has 0 aromatic carbocycles. The SMILES string of the molecule is CCCCCCC/C=C\C/C=C\CCCCCCCCCCCCCCCCCC(=O)NC(COC1OC(CO)C(OC2OC(CO)C(OC3OC(CO)C(O)C(O)C3O)C(O)C2O)C(O)C1O)C(O)/C=C/CCCCCCCCCCCCCCCCCCC. The summed E-state index contributed by atoms with van der Waals surface area (Å²) in [6.45, 7) is 1.76. The second-order valence-corrected chi connectivity index (χ2v) is 26.4. The Kier molecular flexibility index (Phi) is 49.5. The van der Waals surface area contributed by atoms with Crippen molar-refractivity contribution in [3.8, 4) is 0 Å². The number of hydrogen-bond acceptors (Lipinski definition) is 18. The smallest absolute Gasteiger partial charge is 0.220 e. The minimum Gasteiger partial charge on any atom is -0.394 e. The molecule has 3 saturated heterocycles. The molecular formula is C72H133NO18. The molecule has 17 unspecified atom stereocenters. The summed E-state index contributed by atoms with van der Waals surface area (Å²) in [5, 5.41) is 121. The minimum absolute atomic E-state index is 0.245. The van der Waals surface area contributed by atoms with Crippen molar-refractivity contribution in [3.63, 3.8) is 0 Å². The monoisotopic (exact) mass is 1300 g/mol. The molecule has 19 nitrogen and oxygen atoms in total. The molecule has 0 saturated carbocycles. The molecule has 91 heavy (non-hydrogen) atoms. The van der Waals surface area contributed by atoms with Crippen LogP contribution in [-0.4, -0.2) is 193 Å². The molecule has 0 aromatic heterocycles. The molecule has 0 spiro atoms. The van der Waals surface area contributed by atoms with Crippen LogP contribution in [0.4, 0.5) is 0 Å². The van der Waals surface area contributed by atoms with Crippen molar-refractivity contribution in [2.45, 2.75) is 388 Å². The minimum atomic E-state index is -1.98. The van der Waals surface area contributed by atoms with Gasteiger partial charge in [-0.05, 0) is 51.4 Å². The summed E-state index contributed by atoms with van der Waals surface area (Å²) in [6, 6.07) is -0.973. The summed E-state index contributed by atoms with van der Waals surface area (Å²) in [5.41, 5.74) is 0. The fraction of sp³-hybridized carbons (Fsp3) is 0.903. The van der Waals surface area contributed by atoms with Crippen LogP contribution in [0.2, 0.25) is 0 Å². The summed E-state index contributed by atoms with van der Waals surface area (Å²) in [5.74, 6) is -0.272. The number of aliphatic hydroxyl groups is 11. The van der Waals surface area contributed by atoms with E-state index in [1.807, 2.05) is 6.08 Å². The number of carbonyl (C=O) groups excluding carboxylic acids is 1. The van der Waals surface area contributed by atoms with E-state index in [1.165, 1.54) is 205 Å². The first kappa shape index (κ1) is 83.2. The second kappa shape index (κ2) is 54.1. The lowest BCUT2D eigenvalue weighted by molar-refractivity contribution is -0.379. The summed E-state index contributed by atoms with van der Waals surface area (Å²) in [4.78, 5) is 13.4. The maximum Gasteiger partial charge on any atom is 0.220 e. The van der Waals surface area contributed by atoms with Gasteiger partial charge in [-0.25, -0.2) is 0 Å². The van der Waals surface area contributed by atoms with Gasteiger partial charge in [0.2, 0.25) is 5.91 Å². The number of aliphatic hydroxyl groups excluding tert-OH is 11. The van der Waals surface area contributed by atoms with E-state index >= 15 is 0 Å². The van der Waals surface area contributed by atoms with E-state index in [0.29, 0.717) is 6.42 Å². The molecule has 19 heteroatoms. The van der Waals surface area contributed by atoms with Crippen LogP contribution in [-0.2, 0) is 33.2 Å². The first-order valence-corrected chi connectivity index (χ1v) is 36.7. The topological polar surface area (TPSA) is 307 Å². The van der Waals surface area contributed by atoms with Crippen LogP contribution < -0.4 is 5.32 Å².